The van der Waals surface area contributed by atoms with E-state index in [1.54, 1.807) is 47.3 Å². The molecule has 1 aliphatic rings. The number of piperidine rings is 1. The molecule has 1 fully saturated rings. The van der Waals surface area contributed by atoms with E-state index in [0.717, 1.165) is 23.2 Å². The lowest BCUT2D eigenvalue weighted by atomic mass is 9.97. The van der Waals surface area contributed by atoms with Crippen molar-refractivity contribution in [3.63, 3.8) is 0 Å². The molecular formula is C35H37F2N6O5S-. The van der Waals surface area contributed by atoms with E-state index in [1.807, 2.05) is 13.8 Å². The summed E-state index contributed by atoms with van der Waals surface area (Å²) in [6.07, 6.45) is 3.39. The third-order valence-electron chi connectivity index (χ3n) is 8.66. The molecule has 49 heavy (non-hydrogen) atoms. The van der Waals surface area contributed by atoms with E-state index in [1.165, 1.54) is 18.2 Å². The van der Waals surface area contributed by atoms with Crippen LogP contribution in [0.1, 0.15) is 37.2 Å². The molecule has 258 valence electrons. The number of hydrogen-bond acceptors (Lipinski definition) is 8. The Balaban J connectivity index is 1.08. The number of fused-ring (bicyclic) bond motifs is 1. The molecule has 0 aliphatic carbocycles. The van der Waals surface area contributed by atoms with Gasteiger partial charge in [-0.3, -0.25) is 8.89 Å². The zero-order chi connectivity index (χ0) is 34.7. The fourth-order valence-electron chi connectivity index (χ4n) is 6.19. The smallest absolute Gasteiger partial charge is 0.355 e. The molecule has 0 radical (unpaired) electrons. The molecule has 1 atom stereocenters. The summed E-state index contributed by atoms with van der Waals surface area (Å²) in [5, 5.41) is 19.7. The first-order valence-electron chi connectivity index (χ1n) is 16.1. The molecule has 1 aliphatic heterocycles. The van der Waals surface area contributed by atoms with Gasteiger partial charge in [-0.2, -0.15) is 0 Å². The van der Waals surface area contributed by atoms with Crippen molar-refractivity contribution in [1.82, 2.24) is 24.9 Å². The molecular weight excluding hydrogens is 654 g/mol. The van der Waals surface area contributed by atoms with Gasteiger partial charge in [0.1, 0.15) is 28.8 Å². The first-order chi connectivity index (χ1) is 23.6. The number of nitrogens with zero attached hydrogens (tertiary/aromatic N) is 5. The minimum Gasteiger partial charge on any atom is -0.755 e. The number of phenols is 1. The number of anilines is 1. The molecule has 1 unspecified atom stereocenters. The summed E-state index contributed by atoms with van der Waals surface area (Å²) < 4.78 is 61.8. The zero-order valence-electron chi connectivity index (χ0n) is 27.1. The number of carbonyl (C=O) groups is 1. The number of nitrogens with one attached hydrogen (secondary N) is 1. The van der Waals surface area contributed by atoms with Gasteiger partial charge in [-0.25, -0.2) is 13.6 Å². The maximum atomic E-state index is 15.1. The second-order valence-corrected chi connectivity index (χ2v) is 13.6. The number of H-pyrrole nitrogens is 1. The predicted molar refractivity (Wildman–Crippen MR) is 181 cm³/mol. The van der Waals surface area contributed by atoms with Crippen LogP contribution in [0.15, 0.2) is 66.9 Å². The van der Waals surface area contributed by atoms with Crippen LogP contribution in [0.4, 0.5) is 14.5 Å². The van der Waals surface area contributed by atoms with Gasteiger partial charge in [-0.05, 0) is 67.6 Å². The first kappa shape index (κ1) is 34.2. The van der Waals surface area contributed by atoms with Crippen molar-refractivity contribution in [3.05, 3.63) is 84.2 Å². The minimum atomic E-state index is -2.68. The molecule has 2 N–H and O–H groups in total. The highest BCUT2D eigenvalue weighted by Gasteiger charge is 2.25. The number of phenolic OH excluding ortho intramolecular Hbond substituents is 1. The fourth-order valence-corrected chi connectivity index (χ4v) is 6.70. The second kappa shape index (κ2) is 14.8. The number of rotatable bonds is 12. The Hall–Kier alpha value is -4.66. The quantitative estimate of drug-likeness (QED) is 0.122. The molecule has 5 aromatic rings. The van der Waals surface area contributed by atoms with E-state index in [0.29, 0.717) is 53.9 Å². The lowest BCUT2D eigenvalue weighted by Crippen LogP contribution is -2.41. The summed E-state index contributed by atoms with van der Waals surface area (Å²) >= 11 is -2.68. The highest BCUT2D eigenvalue weighted by molar-refractivity contribution is 7.80. The summed E-state index contributed by atoms with van der Waals surface area (Å²) in [5.74, 6) is -1.63. The maximum absolute atomic E-state index is 15.1. The molecule has 3 heterocycles. The van der Waals surface area contributed by atoms with Gasteiger partial charge in [0, 0.05) is 53.4 Å². The van der Waals surface area contributed by atoms with Crippen LogP contribution in [0.5, 0.6) is 5.75 Å². The normalized spacial score (nSPS) is 14.8. The Morgan fingerprint density at radius 2 is 1.88 bits per heavy atom. The summed E-state index contributed by atoms with van der Waals surface area (Å²) in [4.78, 5) is 18.2. The fraction of sp³-hybridized carbons (Fsp3) is 0.343. The van der Waals surface area contributed by atoms with E-state index in [2.05, 4.69) is 20.2 Å². The number of aromatic nitrogens is 4. The van der Waals surface area contributed by atoms with Crippen molar-refractivity contribution in [1.29, 1.82) is 0 Å². The third kappa shape index (κ3) is 7.82. The van der Waals surface area contributed by atoms with Gasteiger partial charge < -0.3 is 28.6 Å². The predicted octanol–water partition coefficient (Wildman–Crippen LogP) is 5.90. The third-order valence-corrected chi connectivity index (χ3v) is 9.42. The monoisotopic (exact) mass is 691 g/mol. The van der Waals surface area contributed by atoms with Crippen LogP contribution in [0.2, 0.25) is 0 Å². The highest BCUT2D eigenvalue weighted by Crippen LogP contribution is 2.36. The molecule has 0 saturated carbocycles. The van der Waals surface area contributed by atoms with Crippen molar-refractivity contribution in [2.24, 2.45) is 11.8 Å². The lowest BCUT2D eigenvalue weighted by Gasteiger charge is -2.34. The van der Waals surface area contributed by atoms with Crippen molar-refractivity contribution in [2.75, 3.05) is 37.1 Å². The van der Waals surface area contributed by atoms with Gasteiger partial charge in [0.25, 0.3) is 0 Å². The number of carbonyl (C=O) groups excluding carboxylic acids is 1. The summed E-state index contributed by atoms with van der Waals surface area (Å²) in [5.41, 5.74) is 2.20. The molecule has 2 aromatic heterocycles. The van der Waals surface area contributed by atoms with Crippen molar-refractivity contribution >= 4 is 33.8 Å². The zero-order valence-corrected chi connectivity index (χ0v) is 28.0. The number of ether oxygens (including phenoxy) is 1. The summed E-state index contributed by atoms with van der Waals surface area (Å²) in [7, 11) is 0. The SMILES string of the molecule is CC(C)COC(=O)c1[nH]c2ccc(F)cc2c1-c1cn(CC2CCN(CCN(c3cc(O)c(-c4ccccc4)c(F)c3)S(=O)[O-])CC2)nn1. The van der Waals surface area contributed by atoms with Crippen molar-refractivity contribution in [3.8, 4) is 28.1 Å². The van der Waals surface area contributed by atoms with Crippen LogP contribution in [-0.4, -0.2) is 77.5 Å². The average molecular weight is 692 g/mol. The van der Waals surface area contributed by atoms with Gasteiger partial charge >= 0.3 is 5.97 Å². The lowest BCUT2D eigenvalue weighted by molar-refractivity contribution is 0.0454. The standard InChI is InChI=1S/C35H38F2N6O5S/c1-22(2)21-48-35(45)34-33(27-16-25(36)8-9-29(27)38-34)30-20-42(40-39-30)19-23-10-12-41(13-11-23)14-15-43(49(46)47)26-17-28(37)32(31(44)18-26)24-6-4-3-5-7-24/h3-9,16-18,20,22-23,38,44H,10-15,19,21H2,1-2H3,(H,46,47)/p-1. The van der Waals surface area contributed by atoms with Crippen molar-refractivity contribution < 1.29 is 32.2 Å². The van der Waals surface area contributed by atoms with E-state index in [9.17, 15) is 23.1 Å². The average Bonchev–Trinajstić information content (AvgIpc) is 3.68. The topological polar surface area (TPSA) is 140 Å². The van der Waals surface area contributed by atoms with E-state index < -0.39 is 28.9 Å². The van der Waals surface area contributed by atoms with Gasteiger partial charge in [0.2, 0.25) is 0 Å². The number of halogens is 2. The second-order valence-electron chi connectivity index (χ2n) is 12.7. The molecule has 11 nitrogen and oxygen atoms in total. The Labute approximate surface area is 284 Å². The molecule has 3 aromatic carbocycles. The highest BCUT2D eigenvalue weighted by atomic mass is 32.2. The van der Waals surface area contributed by atoms with Gasteiger partial charge in [-0.15, -0.1) is 5.10 Å². The van der Waals surface area contributed by atoms with Gasteiger partial charge in [0.05, 0.1) is 24.1 Å². The van der Waals surface area contributed by atoms with E-state index in [-0.39, 0.29) is 47.7 Å². The maximum Gasteiger partial charge on any atom is 0.355 e. The van der Waals surface area contributed by atoms with Crippen LogP contribution in [0, 0.1) is 23.5 Å². The molecule has 6 rings (SSSR count). The number of likely N-dealkylation sites (tertiary alicyclic amines) is 1. The number of aromatic amines is 1. The Kier molecular flexibility index (Phi) is 10.4. The summed E-state index contributed by atoms with van der Waals surface area (Å²) in [6, 6.07) is 15.2. The Morgan fingerprint density at radius 3 is 2.57 bits per heavy atom. The van der Waals surface area contributed by atoms with Crippen molar-refractivity contribution in [2.45, 2.75) is 33.2 Å². The van der Waals surface area contributed by atoms with E-state index >= 15 is 4.39 Å². The molecule has 0 bridgehead atoms. The molecule has 1 saturated heterocycles. The molecule has 14 heteroatoms. The Bertz CT molecular complexity index is 1940. The largest absolute Gasteiger partial charge is 0.755 e. The van der Waals surface area contributed by atoms with Crippen LogP contribution in [0.25, 0.3) is 33.3 Å². The summed E-state index contributed by atoms with van der Waals surface area (Å²) in [6.45, 7) is 6.63. The first-order valence-corrected chi connectivity index (χ1v) is 17.2. The van der Waals surface area contributed by atoms with Gasteiger partial charge in [0.15, 0.2) is 0 Å². The van der Waals surface area contributed by atoms with Crippen LogP contribution in [0.3, 0.4) is 0 Å². The molecule has 0 spiro atoms. The van der Waals surface area contributed by atoms with Crippen LogP contribution < -0.4 is 4.31 Å². The Morgan fingerprint density at radius 1 is 1.12 bits per heavy atom. The molecule has 0 amide bonds. The van der Waals surface area contributed by atoms with Gasteiger partial charge in [-0.1, -0.05) is 49.4 Å². The van der Waals surface area contributed by atoms with Crippen LogP contribution in [-0.2, 0) is 22.5 Å². The number of esters is 1. The number of benzene rings is 3. The van der Waals surface area contributed by atoms with Crippen LogP contribution >= 0.6 is 0 Å². The number of aromatic hydroxyl groups is 1. The van der Waals surface area contributed by atoms with E-state index in [4.69, 9.17) is 4.74 Å². The minimum absolute atomic E-state index is 0.0162. The number of hydrogen-bond donors (Lipinski definition) is 2.